The van der Waals surface area contributed by atoms with Gasteiger partial charge >= 0.3 is 11.9 Å². The second kappa shape index (κ2) is 13.5. The fraction of sp³-hybridized carbons (Fsp3) is 0.375. The molecular formula is C32H38N6O4. The Morgan fingerprint density at radius 2 is 1.79 bits per heavy atom. The van der Waals surface area contributed by atoms with E-state index in [9.17, 15) is 14.4 Å². The Balaban J connectivity index is 1.31. The van der Waals surface area contributed by atoms with Crippen LogP contribution in [0.5, 0.6) is 0 Å². The first-order chi connectivity index (χ1) is 20.4. The summed E-state index contributed by atoms with van der Waals surface area (Å²) >= 11 is 0. The van der Waals surface area contributed by atoms with Gasteiger partial charge in [0.2, 0.25) is 0 Å². The molecule has 0 radical (unpaired) electrons. The van der Waals surface area contributed by atoms with E-state index in [1.54, 1.807) is 34.2 Å². The highest BCUT2D eigenvalue weighted by Crippen LogP contribution is 2.31. The van der Waals surface area contributed by atoms with Crippen LogP contribution in [0.1, 0.15) is 49.4 Å². The number of para-hydroxylation sites is 1. The minimum absolute atomic E-state index is 0.103. The van der Waals surface area contributed by atoms with Gasteiger partial charge in [-0.1, -0.05) is 43.3 Å². The monoisotopic (exact) mass is 570 g/mol. The quantitative estimate of drug-likeness (QED) is 0.259. The number of nitrogens with zero attached hydrogens (tertiary/aromatic N) is 6. The van der Waals surface area contributed by atoms with Gasteiger partial charge in [-0.3, -0.25) is 24.1 Å². The van der Waals surface area contributed by atoms with Gasteiger partial charge in [0.15, 0.2) is 0 Å². The summed E-state index contributed by atoms with van der Waals surface area (Å²) in [5.41, 5.74) is 3.02. The highest BCUT2D eigenvalue weighted by atomic mass is 16.6. The van der Waals surface area contributed by atoms with E-state index in [0.29, 0.717) is 37.3 Å². The van der Waals surface area contributed by atoms with Crippen molar-refractivity contribution >= 4 is 29.2 Å². The molecule has 0 aliphatic carbocycles. The van der Waals surface area contributed by atoms with E-state index in [2.05, 4.69) is 21.8 Å². The lowest BCUT2D eigenvalue weighted by Gasteiger charge is -2.34. The first-order valence-electron chi connectivity index (χ1n) is 14.6. The Hall–Kier alpha value is -4.44. The van der Waals surface area contributed by atoms with Crippen LogP contribution in [-0.2, 0) is 21.4 Å². The molecule has 2 aromatic carbocycles. The number of aryl methyl sites for hydroxylation is 1. The molecule has 1 amide bonds. The lowest BCUT2D eigenvalue weighted by molar-refractivity contribution is -0.163. The molecule has 1 fully saturated rings. The number of carbonyl (C=O) groups is 3. The zero-order chi connectivity index (χ0) is 29.5. The number of hydrogen-bond donors (Lipinski definition) is 0. The summed E-state index contributed by atoms with van der Waals surface area (Å²) in [7, 11) is 1.81. The molecule has 0 spiro atoms. The molecule has 10 heteroatoms. The zero-order valence-electron chi connectivity index (χ0n) is 24.3. The molecule has 1 atom stereocenters. The van der Waals surface area contributed by atoms with Crippen LogP contribution in [0.15, 0.2) is 85.0 Å². The Bertz CT molecular complexity index is 1410. The van der Waals surface area contributed by atoms with Crippen LogP contribution in [0.4, 0.5) is 11.4 Å². The smallest absolute Gasteiger partial charge is 0.317 e. The predicted molar refractivity (Wildman–Crippen MR) is 160 cm³/mol. The van der Waals surface area contributed by atoms with Gasteiger partial charge in [-0.05, 0) is 63.0 Å². The molecular weight excluding hydrogens is 532 g/mol. The van der Waals surface area contributed by atoms with Crippen molar-refractivity contribution < 1.29 is 19.1 Å². The molecule has 5 rings (SSSR count). The normalized spacial score (nSPS) is 17.2. The molecule has 2 aliphatic heterocycles. The van der Waals surface area contributed by atoms with Crippen molar-refractivity contribution in [3.63, 3.8) is 0 Å². The van der Waals surface area contributed by atoms with Crippen LogP contribution in [0, 0.1) is 5.92 Å². The Morgan fingerprint density at radius 3 is 2.48 bits per heavy atom. The number of hydrogen-bond acceptors (Lipinski definition) is 8. The van der Waals surface area contributed by atoms with E-state index in [1.165, 1.54) is 0 Å². The molecule has 0 bridgehead atoms. The van der Waals surface area contributed by atoms with Gasteiger partial charge in [0, 0.05) is 37.5 Å². The van der Waals surface area contributed by atoms with Crippen molar-refractivity contribution in [2.45, 2.75) is 39.0 Å². The first-order valence-corrected chi connectivity index (χ1v) is 14.6. The average Bonchev–Trinajstić information content (AvgIpc) is 3.64. The van der Waals surface area contributed by atoms with Gasteiger partial charge in [0.05, 0.1) is 24.0 Å². The van der Waals surface area contributed by atoms with Gasteiger partial charge in [0.1, 0.15) is 12.4 Å². The molecule has 10 nitrogen and oxygen atoms in total. The van der Waals surface area contributed by atoms with Crippen LogP contribution >= 0.6 is 0 Å². The zero-order valence-corrected chi connectivity index (χ0v) is 24.3. The maximum absolute atomic E-state index is 13.9. The molecule has 0 unspecified atom stereocenters. The van der Waals surface area contributed by atoms with Gasteiger partial charge in [-0.15, -0.1) is 0 Å². The van der Waals surface area contributed by atoms with Crippen LogP contribution in [0.25, 0.3) is 0 Å². The molecule has 42 heavy (non-hydrogen) atoms. The van der Waals surface area contributed by atoms with Gasteiger partial charge in [0.25, 0.3) is 5.91 Å². The number of carbonyl (C=O) groups excluding carboxylic acids is 3. The minimum atomic E-state index is -0.511. The van der Waals surface area contributed by atoms with Crippen molar-refractivity contribution in [2.24, 2.45) is 13.0 Å². The molecule has 2 aliphatic rings. The number of likely N-dealkylation sites (tertiary alicyclic amines) is 1. The maximum atomic E-state index is 13.9. The Labute approximate surface area is 246 Å². The third-order valence-electron chi connectivity index (χ3n) is 7.72. The number of hydrazine groups is 1. The number of amides is 1. The SMILES string of the molecule is CCN1CCC[C@H](C(=O)OC(=O)CCCC2=CN(c3ccccc3)CN2N(C(=O)c2ccccc2)c2cnn(C)c2)C1. The van der Waals surface area contributed by atoms with Gasteiger partial charge in [-0.25, -0.2) is 5.01 Å². The number of benzene rings is 2. The molecule has 3 aromatic rings. The third kappa shape index (κ3) is 6.88. The van der Waals surface area contributed by atoms with E-state index >= 15 is 0 Å². The van der Waals surface area contributed by atoms with Gasteiger partial charge in [-0.2, -0.15) is 5.10 Å². The lowest BCUT2D eigenvalue weighted by Crippen LogP contribution is -2.47. The topological polar surface area (TPSA) is 91.2 Å². The number of piperidine rings is 1. The second-order valence-corrected chi connectivity index (χ2v) is 10.7. The highest BCUT2D eigenvalue weighted by molar-refractivity contribution is 6.05. The van der Waals surface area contributed by atoms with Gasteiger partial charge < -0.3 is 14.5 Å². The first kappa shape index (κ1) is 29.1. The number of anilines is 2. The van der Waals surface area contributed by atoms with Crippen molar-refractivity contribution in [2.75, 3.05) is 36.2 Å². The number of rotatable bonds is 10. The maximum Gasteiger partial charge on any atom is 0.317 e. The van der Waals surface area contributed by atoms with E-state index < -0.39 is 11.9 Å². The summed E-state index contributed by atoms with van der Waals surface area (Å²) in [6, 6.07) is 19.1. The largest absolute Gasteiger partial charge is 0.393 e. The van der Waals surface area contributed by atoms with Crippen LogP contribution < -0.4 is 9.91 Å². The standard InChI is InChI=1S/C32H38N6O4/c1-3-35-19-11-14-26(21-35)32(41)42-30(39)18-10-17-28-23-36(27-15-8-5-9-16-27)24-37(28)38(29-20-33-34(2)22-29)31(40)25-12-6-4-7-13-25/h4-9,12-13,15-16,20,22-23,26H,3,10-11,14,17-19,21,24H2,1-2H3/t26-/m0/s1. The number of allylic oxidation sites excluding steroid dienone is 1. The summed E-state index contributed by atoms with van der Waals surface area (Å²) in [6.07, 6.45) is 8.22. The molecule has 1 aromatic heterocycles. The van der Waals surface area contributed by atoms with Crippen molar-refractivity contribution in [1.82, 2.24) is 19.7 Å². The van der Waals surface area contributed by atoms with Crippen LogP contribution in [0.3, 0.4) is 0 Å². The van der Waals surface area contributed by atoms with E-state index in [1.807, 2.05) is 66.8 Å². The molecule has 3 heterocycles. The van der Waals surface area contributed by atoms with E-state index in [-0.39, 0.29) is 18.2 Å². The fourth-order valence-electron chi connectivity index (χ4n) is 5.47. The van der Waals surface area contributed by atoms with E-state index in [0.717, 1.165) is 37.3 Å². The lowest BCUT2D eigenvalue weighted by atomic mass is 9.98. The van der Waals surface area contributed by atoms with Crippen molar-refractivity contribution in [3.05, 3.63) is 90.5 Å². The Kier molecular flexibility index (Phi) is 9.33. The number of ether oxygens (including phenoxy) is 1. The molecule has 220 valence electrons. The molecule has 1 saturated heterocycles. The number of esters is 2. The van der Waals surface area contributed by atoms with Crippen LogP contribution in [-0.4, -0.2) is 63.8 Å². The highest BCUT2D eigenvalue weighted by Gasteiger charge is 2.33. The minimum Gasteiger partial charge on any atom is -0.393 e. The summed E-state index contributed by atoms with van der Waals surface area (Å²) in [6.45, 7) is 4.96. The number of aromatic nitrogens is 2. The second-order valence-electron chi connectivity index (χ2n) is 10.7. The predicted octanol–water partition coefficient (Wildman–Crippen LogP) is 4.58. The van der Waals surface area contributed by atoms with Crippen LogP contribution in [0.2, 0.25) is 0 Å². The molecule has 0 N–H and O–H groups in total. The fourth-order valence-corrected chi connectivity index (χ4v) is 5.47. The average molecular weight is 571 g/mol. The summed E-state index contributed by atoms with van der Waals surface area (Å²) in [5.74, 6) is -1.38. The summed E-state index contributed by atoms with van der Waals surface area (Å²) < 4.78 is 6.92. The molecule has 0 saturated carbocycles. The summed E-state index contributed by atoms with van der Waals surface area (Å²) in [4.78, 5) is 43.5. The van der Waals surface area contributed by atoms with Crippen molar-refractivity contribution in [1.29, 1.82) is 0 Å². The Morgan fingerprint density at radius 1 is 1.05 bits per heavy atom. The van der Waals surface area contributed by atoms with Crippen molar-refractivity contribution in [3.8, 4) is 0 Å². The summed E-state index contributed by atoms with van der Waals surface area (Å²) in [5, 5.41) is 7.88. The third-order valence-corrected chi connectivity index (χ3v) is 7.72. The van der Waals surface area contributed by atoms with E-state index in [4.69, 9.17) is 4.74 Å².